The maximum Gasteiger partial charge on any atom is 0.511 e. The Balaban J connectivity index is 1.99. The summed E-state index contributed by atoms with van der Waals surface area (Å²) >= 11 is 0. The van der Waals surface area contributed by atoms with Crippen molar-refractivity contribution in [3.8, 4) is 0 Å². The monoisotopic (exact) mass is 326 g/mol. The van der Waals surface area contributed by atoms with Crippen LogP contribution in [-0.4, -0.2) is 45.5 Å². The standard InChI is InChI=1S/C10H14O10S/c1-3-5-7(17-9(11)15-5)19-21(13,14)20-8-6(4-2)16-10(12)18-8/h5-8H,3-4H2,1-2H3. The summed E-state index contributed by atoms with van der Waals surface area (Å²) in [6, 6.07) is 0. The molecule has 0 aromatic heterocycles. The molecule has 2 fully saturated rings. The van der Waals surface area contributed by atoms with Gasteiger partial charge in [-0.2, -0.15) is 8.42 Å². The van der Waals surface area contributed by atoms with Gasteiger partial charge in [-0.25, -0.2) is 18.0 Å². The summed E-state index contributed by atoms with van der Waals surface area (Å²) in [6.45, 7) is 3.30. The molecule has 4 unspecified atom stereocenters. The smallest absolute Gasteiger partial charge is 0.424 e. The van der Waals surface area contributed by atoms with Gasteiger partial charge in [0.25, 0.3) is 12.6 Å². The second kappa shape index (κ2) is 6.03. The van der Waals surface area contributed by atoms with E-state index in [1.165, 1.54) is 0 Å². The molecule has 0 radical (unpaired) electrons. The van der Waals surface area contributed by atoms with Crippen molar-refractivity contribution in [3.63, 3.8) is 0 Å². The van der Waals surface area contributed by atoms with Gasteiger partial charge in [-0.3, -0.25) is 0 Å². The Kier molecular flexibility index (Phi) is 4.54. The van der Waals surface area contributed by atoms with Crippen molar-refractivity contribution in [1.82, 2.24) is 0 Å². The molecular weight excluding hydrogens is 312 g/mol. The second-order valence-corrected chi connectivity index (χ2v) is 5.40. The zero-order valence-electron chi connectivity index (χ0n) is 11.2. The lowest BCUT2D eigenvalue weighted by atomic mass is 10.3. The fraction of sp³-hybridized carbons (Fsp3) is 0.800. The van der Waals surface area contributed by atoms with Crippen LogP contribution in [0.1, 0.15) is 26.7 Å². The van der Waals surface area contributed by atoms with Gasteiger partial charge in [0.1, 0.15) is 0 Å². The highest BCUT2D eigenvalue weighted by Crippen LogP contribution is 2.25. The molecule has 11 heteroatoms. The van der Waals surface area contributed by atoms with E-state index in [9.17, 15) is 18.0 Å². The van der Waals surface area contributed by atoms with Crippen LogP contribution >= 0.6 is 0 Å². The third kappa shape index (κ3) is 3.74. The number of rotatable bonds is 6. The Bertz CT molecular complexity index is 474. The van der Waals surface area contributed by atoms with Gasteiger partial charge in [-0.1, -0.05) is 13.8 Å². The van der Waals surface area contributed by atoms with Gasteiger partial charge in [0, 0.05) is 0 Å². The Morgan fingerprint density at radius 3 is 1.57 bits per heavy atom. The highest BCUT2D eigenvalue weighted by Gasteiger charge is 2.44. The quantitative estimate of drug-likeness (QED) is 0.647. The molecule has 0 aromatic carbocycles. The summed E-state index contributed by atoms with van der Waals surface area (Å²) in [5, 5.41) is 0. The fourth-order valence-electron chi connectivity index (χ4n) is 1.73. The molecule has 2 saturated heterocycles. The van der Waals surface area contributed by atoms with Crippen LogP contribution in [0.2, 0.25) is 0 Å². The minimum Gasteiger partial charge on any atom is -0.424 e. The summed E-state index contributed by atoms with van der Waals surface area (Å²) in [5.41, 5.74) is 0. The van der Waals surface area contributed by atoms with Crippen molar-refractivity contribution >= 4 is 22.7 Å². The van der Waals surface area contributed by atoms with Crippen LogP contribution in [0.25, 0.3) is 0 Å². The number of hydrogen-bond acceptors (Lipinski definition) is 10. The molecule has 2 aliphatic heterocycles. The number of ether oxygens (including phenoxy) is 4. The van der Waals surface area contributed by atoms with E-state index in [1.807, 2.05) is 0 Å². The average molecular weight is 326 g/mol. The molecule has 0 N–H and O–H groups in total. The van der Waals surface area contributed by atoms with Crippen LogP contribution in [0, 0.1) is 0 Å². The normalized spacial score (nSPS) is 32.3. The predicted octanol–water partition coefficient (Wildman–Crippen LogP) is 0.807. The molecule has 0 aliphatic carbocycles. The Morgan fingerprint density at radius 2 is 1.24 bits per heavy atom. The highest BCUT2D eigenvalue weighted by molar-refractivity contribution is 7.81. The Labute approximate surface area is 120 Å². The van der Waals surface area contributed by atoms with E-state index in [0.717, 1.165) is 0 Å². The summed E-state index contributed by atoms with van der Waals surface area (Å²) in [6.07, 6.45) is -6.17. The van der Waals surface area contributed by atoms with E-state index in [-0.39, 0.29) is 12.8 Å². The van der Waals surface area contributed by atoms with Gasteiger partial charge in [0.2, 0.25) is 0 Å². The fourth-order valence-corrected chi connectivity index (χ4v) is 2.56. The highest BCUT2D eigenvalue weighted by atomic mass is 32.3. The molecule has 4 atom stereocenters. The zero-order valence-corrected chi connectivity index (χ0v) is 12.0. The molecule has 2 rings (SSSR count). The maximum atomic E-state index is 11.7. The van der Waals surface area contributed by atoms with E-state index >= 15 is 0 Å². The minimum atomic E-state index is -4.60. The molecule has 10 nitrogen and oxygen atoms in total. The summed E-state index contributed by atoms with van der Waals surface area (Å²) < 4.78 is 51.2. The van der Waals surface area contributed by atoms with Crippen molar-refractivity contribution in [2.75, 3.05) is 0 Å². The Hall–Kier alpha value is -1.59. The van der Waals surface area contributed by atoms with Gasteiger partial charge in [0.15, 0.2) is 12.2 Å². The lowest BCUT2D eigenvalue weighted by Crippen LogP contribution is -2.33. The number of carbonyl (C=O) groups is 2. The molecule has 2 aliphatic rings. The first-order valence-corrected chi connectivity index (χ1v) is 7.54. The third-order valence-corrected chi connectivity index (χ3v) is 3.61. The van der Waals surface area contributed by atoms with E-state index in [0.29, 0.717) is 0 Å². The van der Waals surface area contributed by atoms with Crippen LogP contribution in [0.5, 0.6) is 0 Å². The molecule has 2 heterocycles. The van der Waals surface area contributed by atoms with Crippen LogP contribution in [-0.2, 0) is 37.7 Å². The lowest BCUT2D eigenvalue weighted by Gasteiger charge is -2.17. The van der Waals surface area contributed by atoms with Gasteiger partial charge < -0.3 is 18.9 Å². The van der Waals surface area contributed by atoms with Gasteiger partial charge in [-0.05, 0) is 12.8 Å². The third-order valence-electron chi connectivity index (χ3n) is 2.76. The van der Waals surface area contributed by atoms with Crippen molar-refractivity contribution in [3.05, 3.63) is 0 Å². The summed E-state index contributed by atoms with van der Waals surface area (Å²) in [5.74, 6) is 0. The van der Waals surface area contributed by atoms with Crippen molar-refractivity contribution in [2.45, 2.75) is 51.5 Å². The van der Waals surface area contributed by atoms with E-state index in [2.05, 4.69) is 27.3 Å². The van der Waals surface area contributed by atoms with E-state index < -0.39 is 47.5 Å². The van der Waals surface area contributed by atoms with Crippen molar-refractivity contribution < 1.29 is 45.3 Å². The van der Waals surface area contributed by atoms with Crippen LogP contribution < -0.4 is 0 Å². The number of hydrogen-bond donors (Lipinski definition) is 0. The first-order chi connectivity index (χ1) is 9.84. The van der Waals surface area contributed by atoms with Gasteiger partial charge in [0.05, 0.1) is 0 Å². The molecule has 0 bridgehead atoms. The summed E-state index contributed by atoms with van der Waals surface area (Å²) in [7, 11) is -4.60. The van der Waals surface area contributed by atoms with Gasteiger partial charge >= 0.3 is 22.7 Å². The van der Waals surface area contributed by atoms with E-state index in [4.69, 9.17) is 0 Å². The SMILES string of the molecule is CCC1OC(=O)OC1OS(=O)(=O)OC1OC(=O)OC1CC. The molecular formula is C10H14O10S. The van der Waals surface area contributed by atoms with Gasteiger partial charge in [-0.15, -0.1) is 0 Å². The largest absolute Gasteiger partial charge is 0.511 e. The molecule has 21 heavy (non-hydrogen) atoms. The average Bonchev–Trinajstić information content (AvgIpc) is 2.90. The second-order valence-electron chi connectivity index (χ2n) is 4.20. The summed E-state index contributed by atoms with van der Waals surface area (Å²) in [4.78, 5) is 21.9. The number of carbonyl (C=O) groups excluding carboxylic acids is 2. The first-order valence-electron chi connectivity index (χ1n) is 6.20. The van der Waals surface area contributed by atoms with Crippen molar-refractivity contribution in [2.24, 2.45) is 0 Å². The minimum absolute atomic E-state index is 0.283. The van der Waals surface area contributed by atoms with E-state index in [1.54, 1.807) is 13.8 Å². The zero-order chi connectivity index (χ0) is 15.6. The molecule has 0 amide bonds. The molecule has 0 aromatic rings. The van der Waals surface area contributed by atoms with Crippen LogP contribution in [0.3, 0.4) is 0 Å². The maximum absolute atomic E-state index is 11.7. The Morgan fingerprint density at radius 1 is 0.857 bits per heavy atom. The molecule has 0 saturated carbocycles. The predicted molar refractivity (Wildman–Crippen MR) is 62.0 cm³/mol. The van der Waals surface area contributed by atoms with Crippen LogP contribution in [0.4, 0.5) is 9.59 Å². The number of cyclic esters (lactones) is 4. The first kappa shape index (κ1) is 15.8. The lowest BCUT2D eigenvalue weighted by molar-refractivity contribution is -0.0643. The topological polar surface area (TPSA) is 124 Å². The van der Waals surface area contributed by atoms with Crippen LogP contribution in [0.15, 0.2) is 0 Å². The molecule has 0 spiro atoms. The van der Waals surface area contributed by atoms with Crippen molar-refractivity contribution in [1.29, 1.82) is 0 Å². The molecule has 120 valence electrons.